The van der Waals surface area contributed by atoms with Crippen LogP contribution in [-0.4, -0.2) is 40.3 Å². The second kappa shape index (κ2) is 9.98. The summed E-state index contributed by atoms with van der Waals surface area (Å²) in [6.07, 6.45) is 12.3. The zero-order valence-corrected chi connectivity index (χ0v) is 20.4. The summed E-state index contributed by atoms with van der Waals surface area (Å²) in [5, 5.41) is 7.33. The largest absolute Gasteiger partial charge is 0.489 e. The van der Waals surface area contributed by atoms with Crippen LogP contribution in [-0.2, 0) is 0 Å². The number of carbonyl (C=O) groups is 1. The number of carbonyl (C=O) groups excluding carboxylic acids is 1. The van der Waals surface area contributed by atoms with Crippen LogP contribution >= 0.6 is 0 Å². The minimum Gasteiger partial charge on any atom is -0.489 e. The molecule has 2 aromatic rings. The number of likely N-dealkylation sites (tertiary alicyclic amines) is 1. The maximum Gasteiger partial charge on any atom is 0.321 e. The topological polar surface area (TPSA) is 107 Å². The third-order valence-corrected chi connectivity index (χ3v) is 6.84. The highest BCUT2D eigenvalue weighted by Gasteiger charge is 2.29. The number of allylic oxidation sites excluding steroid dienone is 5. The number of benzene rings is 1. The number of anilines is 1. The van der Waals surface area contributed by atoms with Crippen molar-refractivity contribution in [2.45, 2.75) is 58.5 Å². The monoisotopic (exact) mass is 475 g/mol. The highest BCUT2D eigenvalue weighted by Crippen LogP contribution is 2.43. The third-order valence-electron chi connectivity index (χ3n) is 6.84. The Bertz CT molecular complexity index is 1190. The van der Waals surface area contributed by atoms with Crippen LogP contribution in [0.25, 0.3) is 17.0 Å². The molecule has 0 radical (unpaired) electrons. The van der Waals surface area contributed by atoms with Gasteiger partial charge in [-0.25, -0.2) is 4.79 Å². The molecule has 0 bridgehead atoms. The second-order valence-electron chi connectivity index (χ2n) is 9.69. The first kappa shape index (κ1) is 23.2. The van der Waals surface area contributed by atoms with Crippen LogP contribution in [0.2, 0.25) is 0 Å². The van der Waals surface area contributed by atoms with E-state index in [0.717, 1.165) is 62.8 Å². The summed E-state index contributed by atoms with van der Waals surface area (Å²) in [4.78, 5) is 19.0. The number of fused-ring (bicyclic) bond motifs is 1. The molecule has 3 N–H and O–H groups in total. The summed E-state index contributed by atoms with van der Waals surface area (Å²) in [5.41, 5.74) is 11.1. The molecule has 1 atom stereocenters. The van der Waals surface area contributed by atoms with Crippen molar-refractivity contribution in [3.05, 3.63) is 53.5 Å². The van der Waals surface area contributed by atoms with E-state index in [1.165, 1.54) is 11.1 Å². The summed E-state index contributed by atoms with van der Waals surface area (Å²) in [6.45, 7) is 5.61. The van der Waals surface area contributed by atoms with Crippen LogP contribution in [0.5, 0.6) is 5.75 Å². The number of ether oxygens (including phenoxy) is 1. The number of rotatable bonds is 5. The first-order chi connectivity index (χ1) is 17.0. The lowest BCUT2D eigenvalue weighted by molar-refractivity contribution is 0.212. The first-order valence-corrected chi connectivity index (χ1v) is 12.5. The van der Waals surface area contributed by atoms with Crippen molar-refractivity contribution in [1.82, 2.24) is 20.4 Å². The van der Waals surface area contributed by atoms with Gasteiger partial charge in [-0.15, -0.1) is 0 Å². The van der Waals surface area contributed by atoms with E-state index >= 15 is 0 Å². The van der Waals surface area contributed by atoms with E-state index in [2.05, 4.69) is 22.6 Å². The molecule has 1 aromatic heterocycles. The van der Waals surface area contributed by atoms with Crippen molar-refractivity contribution in [2.75, 3.05) is 18.8 Å². The lowest BCUT2D eigenvalue weighted by atomic mass is 9.74. The number of nitrogens with two attached hydrogens (primary N) is 1. The van der Waals surface area contributed by atoms with Crippen molar-refractivity contribution >= 4 is 17.3 Å². The van der Waals surface area contributed by atoms with Crippen molar-refractivity contribution in [3.63, 3.8) is 0 Å². The van der Waals surface area contributed by atoms with E-state index in [0.29, 0.717) is 23.2 Å². The molecular formula is C27H33N5O3. The number of aromatic nitrogens is 2. The molecule has 2 heterocycles. The van der Waals surface area contributed by atoms with Gasteiger partial charge in [0.1, 0.15) is 5.75 Å². The number of nitrogens with one attached hydrogen (secondary N) is 1. The van der Waals surface area contributed by atoms with E-state index in [1.807, 2.05) is 37.1 Å². The molecular weight excluding hydrogens is 442 g/mol. The number of hydrogen-bond donors (Lipinski definition) is 2. The molecule has 1 aromatic carbocycles. The fourth-order valence-corrected chi connectivity index (χ4v) is 5.15. The van der Waals surface area contributed by atoms with E-state index < -0.39 is 0 Å². The molecule has 0 spiro atoms. The van der Waals surface area contributed by atoms with Crippen LogP contribution in [0.4, 0.5) is 10.5 Å². The van der Waals surface area contributed by atoms with Gasteiger partial charge in [0.05, 0.1) is 11.8 Å². The molecule has 2 fully saturated rings. The molecule has 1 unspecified atom stereocenters. The maximum absolute atomic E-state index is 12.5. The maximum atomic E-state index is 12.5. The van der Waals surface area contributed by atoms with Crippen molar-refractivity contribution in [3.8, 4) is 17.2 Å². The summed E-state index contributed by atoms with van der Waals surface area (Å²) < 4.78 is 11.3. The van der Waals surface area contributed by atoms with Gasteiger partial charge >= 0.3 is 6.03 Å². The highest BCUT2D eigenvalue weighted by molar-refractivity contribution is 5.77. The molecule has 1 saturated carbocycles. The predicted molar refractivity (Wildman–Crippen MR) is 135 cm³/mol. The van der Waals surface area contributed by atoms with Crippen molar-refractivity contribution in [1.29, 1.82) is 0 Å². The minimum absolute atomic E-state index is 0.00423. The van der Waals surface area contributed by atoms with E-state index in [1.54, 1.807) is 6.07 Å². The molecule has 184 valence electrons. The second-order valence-corrected chi connectivity index (χ2v) is 9.69. The minimum atomic E-state index is 0.00423. The number of hydrogen-bond acceptors (Lipinski definition) is 6. The molecule has 5 rings (SSSR count). The Morgan fingerprint density at radius 1 is 1.26 bits per heavy atom. The Morgan fingerprint density at radius 2 is 2.09 bits per heavy atom. The SMILES string of the molecule is CC(C)Oc1ccc(-c2nc(C3=C4CCC/C(=C\NC(=O)N5CCCC5)C4CC=C3)no2)cc1N. The molecule has 1 aliphatic heterocycles. The van der Waals surface area contributed by atoms with Crippen LogP contribution < -0.4 is 15.8 Å². The van der Waals surface area contributed by atoms with E-state index in [-0.39, 0.29) is 18.1 Å². The van der Waals surface area contributed by atoms with Gasteiger partial charge in [0.2, 0.25) is 5.82 Å². The van der Waals surface area contributed by atoms with Crippen LogP contribution in [0.3, 0.4) is 0 Å². The Kier molecular flexibility index (Phi) is 6.61. The smallest absolute Gasteiger partial charge is 0.321 e. The van der Waals surface area contributed by atoms with Crippen LogP contribution in [0.1, 0.15) is 58.2 Å². The summed E-state index contributed by atoms with van der Waals surface area (Å²) in [5.74, 6) is 1.91. The average molecular weight is 476 g/mol. The van der Waals surface area contributed by atoms with Gasteiger partial charge in [0.25, 0.3) is 5.89 Å². The molecule has 35 heavy (non-hydrogen) atoms. The van der Waals surface area contributed by atoms with E-state index in [9.17, 15) is 4.79 Å². The Balaban J connectivity index is 1.36. The fourth-order valence-electron chi connectivity index (χ4n) is 5.15. The fraction of sp³-hybridized carbons (Fsp3) is 0.444. The van der Waals surface area contributed by atoms with Gasteiger partial charge in [-0.1, -0.05) is 22.9 Å². The Labute approximate surface area is 205 Å². The lowest BCUT2D eigenvalue weighted by Crippen LogP contribution is -2.35. The average Bonchev–Trinajstić information content (AvgIpc) is 3.56. The number of urea groups is 1. The number of nitrogens with zero attached hydrogens (tertiary/aromatic N) is 3. The first-order valence-electron chi connectivity index (χ1n) is 12.5. The Hall–Kier alpha value is -3.55. The third kappa shape index (κ3) is 4.97. The van der Waals surface area contributed by atoms with Crippen molar-refractivity contribution < 1.29 is 14.1 Å². The van der Waals surface area contributed by atoms with Crippen molar-refractivity contribution in [2.24, 2.45) is 5.92 Å². The molecule has 2 aliphatic carbocycles. The molecule has 8 heteroatoms. The highest BCUT2D eigenvalue weighted by atomic mass is 16.5. The molecule has 1 saturated heterocycles. The van der Waals surface area contributed by atoms with Gasteiger partial charge in [-0.2, -0.15) is 4.98 Å². The zero-order valence-electron chi connectivity index (χ0n) is 20.4. The quantitative estimate of drug-likeness (QED) is 0.568. The normalized spacial score (nSPS) is 21.1. The van der Waals surface area contributed by atoms with Crippen LogP contribution in [0.15, 0.2) is 52.2 Å². The van der Waals surface area contributed by atoms with Crippen LogP contribution in [0, 0.1) is 5.92 Å². The standard InChI is InChI=1S/C27H33N5O3/c1-17(2)34-24-12-11-18(15-23(24)28)26-30-25(31-35-26)22-10-6-8-20-19(7-5-9-21(20)22)16-29-27(33)32-13-3-4-14-32/h6,10-12,15-17,20H,3-5,7-9,13-14,28H2,1-2H3,(H,29,33)/b19-16+. The van der Waals surface area contributed by atoms with Gasteiger partial charge < -0.3 is 25.2 Å². The van der Waals surface area contributed by atoms with Gasteiger partial charge in [-0.05, 0) is 76.1 Å². The van der Waals surface area contributed by atoms with E-state index in [4.69, 9.17) is 20.0 Å². The molecule has 2 amide bonds. The predicted octanol–water partition coefficient (Wildman–Crippen LogP) is 5.31. The summed E-state index contributed by atoms with van der Waals surface area (Å²) in [6, 6.07) is 5.52. The summed E-state index contributed by atoms with van der Waals surface area (Å²) >= 11 is 0. The van der Waals surface area contributed by atoms with Gasteiger partial charge in [0, 0.05) is 36.3 Å². The number of nitrogen functional groups attached to an aromatic ring is 1. The van der Waals surface area contributed by atoms with Gasteiger partial charge in [0.15, 0.2) is 0 Å². The number of amides is 2. The lowest BCUT2D eigenvalue weighted by Gasteiger charge is -2.31. The summed E-state index contributed by atoms with van der Waals surface area (Å²) in [7, 11) is 0. The molecule has 8 nitrogen and oxygen atoms in total. The molecule has 3 aliphatic rings. The zero-order chi connectivity index (χ0) is 24.4. The van der Waals surface area contributed by atoms with Gasteiger partial charge in [-0.3, -0.25) is 0 Å². The Morgan fingerprint density at radius 3 is 2.86 bits per heavy atom.